The highest BCUT2D eigenvalue weighted by Crippen LogP contribution is 2.33. The van der Waals surface area contributed by atoms with Gasteiger partial charge in [-0.1, -0.05) is 12.1 Å². The number of nitrogens with one attached hydrogen (secondary N) is 1. The molecule has 9 heteroatoms. The maximum atomic E-state index is 13.7. The lowest BCUT2D eigenvalue weighted by Crippen LogP contribution is -2.15. The summed E-state index contributed by atoms with van der Waals surface area (Å²) in [7, 11) is 1.80. The van der Waals surface area contributed by atoms with Gasteiger partial charge in [-0.05, 0) is 42.1 Å². The SMILES string of the molecule is Cn1ccnc1Sc1ccc(F)cc1NC(=O)c1ccccc1OC(F)F. The molecule has 0 aliphatic heterocycles. The molecule has 0 aliphatic carbocycles. The van der Waals surface area contributed by atoms with Crippen molar-refractivity contribution in [1.29, 1.82) is 0 Å². The maximum absolute atomic E-state index is 13.7. The topological polar surface area (TPSA) is 56.2 Å². The number of aryl methyl sites for hydroxylation is 1. The zero-order valence-corrected chi connectivity index (χ0v) is 14.8. The fourth-order valence-corrected chi connectivity index (χ4v) is 3.15. The third-order valence-electron chi connectivity index (χ3n) is 3.52. The number of para-hydroxylation sites is 1. The van der Waals surface area contributed by atoms with E-state index in [-0.39, 0.29) is 17.0 Å². The number of ether oxygens (including phenoxy) is 1. The molecule has 5 nitrogen and oxygen atoms in total. The van der Waals surface area contributed by atoms with Gasteiger partial charge in [0, 0.05) is 24.3 Å². The van der Waals surface area contributed by atoms with Crippen LogP contribution in [0.1, 0.15) is 10.4 Å². The van der Waals surface area contributed by atoms with E-state index in [0.717, 1.165) is 6.07 Å². The molecular formula is C18H14F3N3O2S. The van der Waals surface area contributed by atoms with E-state index in [1.54, 1.807) is 24.0 Å². The van der Waals surface area contributed by atoms with Gasteiger partial charge in [-0.15, -0.1) is 0 Å². The van der Waals surface area contributed by atoms with E-state index in [1.807, 2.05) is 0 Å². The Morgan fingerprint density at radius 1 is 1.26 bits per heavy atom. The van der Waals surface area contributed by atoms with Crippen molar-refractivity contribution in [1.82, 2.24) is 9.55 Å². The second-order valence-electron chi connectivity index (χ2n) is 5.39. The van der Waals surface area contributed by atoms with E-state index in [2.05, 4.69) is 15.0 Å². The van der Waals surface area contributed by atoms with Crippen LogP contribution in [-0.2, 0) is 7.05 Å². The molecule has 0 unspecified atom stereocenters. The Morgan fingerprint density at radius 3 is 2.74 bits per heavy atom. The predicted octanol–water partition coefficient (Wildman–Crippen LogP) is 4.56. The van der Waals surface area contributed by atoms with Crippen molar-refractivity contribution >= 4 is 23.4 Å². The molecule has 0 atom stereocenters. The number of rotatable bonds is 6. The van der Waals surface area contributed by atoms with E-state index in [4.69, 9.17) is 0 Å². The number of nitrogens with zero attached hydrogens (tertiary/aromatic N) is 2. The van der Waals surface area contributed by atoms with E-state index >= 15 is 0 Å². The first-order chi connectivity index (χ1) is 12.9. The molecule has 0 fully saturated rings. The summed E-state index contributed by atoms with van der Waals surface area (Å²) in [6.45, 7) is -3.07. The van der Waals surface area contributed by atoms with Gasteiger partial charge >= 0.3 is 6.61 Å². The molecule has 0 bridgehead atoms. The molecule has 1 amide bonds. The number of amides is 1. The third-order valence-corrected chi connectivity index (χ3v) is 4.67. The molecule has 1 heterocycles. The Balaban J connectivity index is 1.88. The highest BCUT2D eigenvalue weighted by Gasteiger charge is 2.18. The van der Waals surface area contributed by atoms with E-state index in [0.29, 0.717) is 10.1 Å². The van der Waals surface area contributed by atoms with Crippen LogP contribution in [0.5, 0.6) is 5.75 Å². The first kappa shape index (κ1) is 18.8. The molecule has 140 valence electrons. The zero-order chi connectivity index (χ0) is 19.4. The van der Waals surface area contributed by atoms with Crippen molar-refractivity contribution in [2.75, 3.05) is 5.32 Å². The van der Waals surface area contributed by atoms with Crippen LogP contribution < -0.4 is 10.1 Å². The summed E-state index contributed by atoms with van der Waals surface area (Å²) >= 11 is 1.23. The van der Waals surface area contributed by atoms with Gasteiger partial charge < -0.3 is 14.6 Å². The number of hydrogen-bond acceptors (Lipinski definition) is 4. The van der Waals surface area contributed by atoms with Gasteiger partial charge in [0.1, 0.15) is 11.6 Å². The average Bonchev–Trinajstić information content (AvgIpc) is 3.02. The third kappa shape index (κ3) is 4.62. The maximum Gasteiger partial charge on any atom is 0.387 e. The number of imidazole rings is 1. The minimum atomic E-state index is -3.07. The van der Waals surface area contributed by atoms with Gasteiger partial charge in [-0.2, -0.15) is 8.78 Å². The van der Waals surface area contributed by atoms with Crippen molar-refractivity contribution in [3.8, 4) is 5.75 Å². The first-order valence-electron chi connectivity index (χ1n) is 7.74. The Labute approximate surface area is 157 Å². The minimum Gasteiger partial charge on any atom is -0.434 e. The number of benzene rings is 2. The van der Waals surface area contributed by atoms with Crippen molar-refractivity contribution in [2.45, 2.75) is 16.7 Å². The molecule has 0 aliphatic rings. The van der Waals surface area contributed by atoms with Crippen LogP contribution in [0.25, 0.3) is 0 Å². The fraction of sp³-hybridized carbons (Fsp3) is 0.111. The molecule has 3 rings (SSSR count). The van der Waals surface area contributed by atoms with Gasteiger partial charge in [-0.3, -0.25) is 4.79 Å². The second kappa shape index (κ2) is 8.17. The van der Waals surface area contributed by atoms with E-state index in [1.165, 1.54) is 48.2 Å². The number of anilines is 1. The van der Waals surface area contributed by atoms with Gasteiger partial charge in [0.25, 0.3) is 5.91 Å². The summed E-state index contributed by atoms with van der Waals surface area (Å²) in [6, 6.07) is 9.51. The van der Waals surface area contributed by atoms with Gasteiger partial charge in [0.05, 0.1) is 11.3 Å². The van der Waals surface area contributed by atoms with Gasteiger partial charge in [0.2, 0.25) is 0 Å². The quantitative estimate of drug-likeness (QED) is 0.667. The molecule has 0 saturated carbocycles. The van der Waals surface area contributed by atoms with Crippen molar-refractivity contribution in [3.63, 3.8) is 0 Å². The smallest absolute Gasteiger partial charge is 0.387 e. The van der Waals surface area contributed by atoms with E-state index in [9.17, 15) is 18.0 Å². The normalized spacial score (nSPS) is 10.9. The largest absolute Gasteiger partial charge is 0.434 e. The van der Waals surface area contributed by atoms with Crippen LogP contribution in [0.15, 0.2) is 64.9 Å². The van der Waals surface area contributed by atoms with Crippen LogP contribution in [0, 0.1) is 5.82 Å². The van der Waals surface area contributed by atoms with Crippen molar-refractivity contribution in [2.24, 2.45) is 7.05 Å². The highest BCUT2D eigenvalue weighted by atomic mass is 32.2. The van der Waals surface area contributed by atoms with Crippen molar-refractivity contribution < 1.29 is 22.7 Å². The zero-order valence-electron chi connectivity index (χ0n) is 14.0. The Hall–Kier alpha value is -2.94. The molecule has 1 aromatic heterocycles. The standard InChI is InChI=1S/C18H14F3N3O2S/c1-24-9-8-22-18(24)27-15-7-6-11(19)10-13(15)23-16(25)12-4-2-3-5-14(12)26-17(20)21/h2-10,17H,1H3,(H,23,25). The molecular weight excluding hydrogens is 379 g/mol. The molecule has 0 radical (unpaired) electrons. The number of aromatic nitrogens is 2. The van der Waals surface area contributed by atoms with Gasteiger partial charge in [-0.25, -0.2) is 9.37 Å². The number of carbonyl (C=O) groups excluding carboxylic acids is 1. The molecule has 0 saturated heterocycles. The van der Waals surface area contributed by atoms with Crippen molar-refractivity contribution in [3.05, 3.63) is 66.2 Å². The Bertz CT molecular complexity index is 963. The van der Waals surface area contributed by atoms with Crippen LogP contribution >= 0.6 is 11.8 Å². The predicted molar refractivity (Wildman–Crippen MR) is 94.8 cm³/mol. The molecule has 3 aromatic rings. The number of hydrogen-bond donors (Lipinski definition) is 1. The summed E-state index contributed by atoms with van der Waals surface area (Å²) in [4.78, 5) is 17.3. The average molecular weight is 393 g/mol. The van der Waals surface area contributed by atoms with Crippen LogP contribution in [0.2, 0.25) is 0 Å². The first-order valence-corrected chi connectivity index (χ1v) is 8.55. The molecule has 0 spiro atoms. The summed E-state index contributed by atoms with van der Waals surface area (Å²) < 4.78 is 44.9. The summed E-state index contributed by atoms with van der Waals surface area (Å²) in [5, 5.41) is 3.19. The minimum absolute atomic E-state index is 0.0880. The van der Waals surface area contributed by atoms with E-state index < -0.39 is 18.3 Å². The summed E-state index contributed by atoms with van der Waals surface area (Å²) in [5.41, 5.74) is 0.106. The monoisotopic (exact) mass is 393 g/mol. The number of alkyl halides is 2. The van der Waals surface area contributed by atoms with Gasteiger partial charge in [0.15, 0.2) is 5.16 Å². The molecule has 27 heavy (non-hydrogen) atoms. The summed E-state index contributed by atoms with van der Waals surface area (Å²) in [5.74, 6) is -1.51. The lowest BCUT2D eigenvalue weighted by Gasteiger charge is -2.13. The molecule has 2 aromatic carbocycles. The lowest BCUT2D eigenvalue weighted by atomic mass is 10.2. The Kier molecular flexibility index (Phi) is 5.70. The fourth-order valence-electron chi connectivity index (χ4n) is 2.28. The number of halogens is 3. The second-order valence-corrected chi connectivity index (χ2v) is 6.40. The lowest BCUT2D eigenvalue weighted by molar-refractivity contribution is -0.0501. The highest BCUT2D eigenvalue weighted by molar-refractivity contribution is 7.99. The Morgan fingerprint density at radius 2 is 2.04 bits per heavy atom. The van der Waals surface area contributed by atoms with Crippen LogP contribution in [0.3, 0.4) is 0 Å². The molecule has 1 N–H and O–H groups in total. The van der Waals surface area contributed by atoms with Crippen LogP contribution in [0.4, 0.5) is 18.9 Å². The summed E-state index contributed by atoms with van der Waals surface area (Å²) in [6.07, 6.45) is 3.37. The number of carbonyl (C=O) groups is 1. The van der Waals surface area contributed by atoms with Crippen LogP contribution in [-0.4, -0.2) is 22.1 Å².